The highest BCUT2D eigenvalue weighted by atomic mass is 35.5. The van der Waals surface area contributed by atoms with Gasteiger partial charge in [0.05, 0.1) is 18.8 Å². The molecule has 1 N–H and O–H groups in total. The molecule has 0 saturated carbocycles. The summed E-state index contributed by atoms with van der Waals surface area (Å²) in [6, 6.07) is 14.6. The molecule has 3 aromatic rings. The lowest BCUT2D eigenvalue weighted by Gasteiger charge is -2.33. The number of aliphatic imine (C=N–C) groups is 1. The average molecular weight is 594 g/mol. The fourth-order valence-electron chi connectivity index (χ4n) is 5.20. The molecule has 1 saturated heterocycles. The Morgan fingerprint density at radius 1 is 1.12 bits per heavy atom. The standard InChI is InChI=1S/C32H36ClN3O4S/c1-32(2,3)22-6-13-26-27(18-22)41-31(29(26)30(38)35-24-9-7-23(33)8-10-24)34-19-21-4-11-25(12-5-21)40-20-28(37)36-14-16-39-17-15-36/h4-5,7-12,19,22H,6,13-18,20H2,1-3H3,(H,35,38)/t22-/m1/s1. The second-order valence-corrected chi connectivity index (χ2v) is 13.1. The molecule has 1 atom stereocenters. The first-order chi connectivity index (χ1) is 19.7. The number of halogens is 1. The van der Waals surface area contributed by atoms with Crippen molar-refractivity contribution in [1.82, 2.24) is 4.90 Å². The van der Waals surface area contributed by atoms with Crippen molar-refractivity contribution in [3.63, 3.8) is 0 Å². The van der Waals surface area contributed by atoms with E-state index < -0.39 is 0 Å². The zero-order valence-corrected chi connectivity index (χ0v) is 25.3. The number of nitrogens with one attached hydrogen (secondary N) is 1. The van der Waals surface area contributed by atoms with E-state index in [-0.39, 0.29) is 23.8 Å². The van der Waals surface area contributed by atoms with Crippen LogP contribution >= 0.6 is 22.9 Å². The number of ether oxygens (including phenoxy) is 2. The minimum Gasteiger partial charge on any atom is -0.484 e. The van der Waals surface area contributed by atoms with E-state index in [0.717, 1.165) is 30.4 Å². The van der Waals surface area contributed by atoms with Gasteiger partial charge in [0.15, 0.2) is 6.61 Å². The quantitative estimate of drug-likeness (QED) is 0.306. The van der Waals surface area contributed by atoms with Crippen LogP contribution in [0.25, 0.3) is 0 Å². The van der Waals surface area contributed by atoms with Crippen LogP contribution in [0.5, 0.6) is 5.75 Å². The Labute approximate surface area is 250 Å². The highest BCUT2D eigenvalue weighted by Crippen LogP contribution is 2.45. The number of thiophene rings is 1. The van der Waals surface area contributed by atoms with E-state index in [9.17, 15) is 9.59 Å². The first-order valence-corrected chi connectivity index (χ1v) is 15.2. The van der Waals surface area contributed by atoms with Gasteiger partial charge in [-0.3, -0.25) is 9.59 Å². The molecule has 1 aliphatic heterocycles. The first-order valence-electron chi connectivity index (χ1n) is 14.0. The van der Waals surface area contributed by atoms with Crippen LogP contribution in [0.2, 0.25) is 5.02 Å². The molecule has 7 nitrogen and oxygen atoms in total. The lowest BCUT2D eigenvalue weighted by Crippen LogP contribution is -2.42. The predicted octanol–water partition coefficient (Wildman–Crippen LogP) is 6.79. The number of nitrogens with zero attached hydrogens (tertiary/aromatic N) is 2. The van der Waals surface area contributed by atoms with Crippen LogP contribution in [-0.2, 0) is 22.4 Å². The largest absolute Gasteiger partial charge is 0.484 e. The zero-order chi connectivity index (χ0) is 29.0. The SMILES string of the molecule is CC(C)(C)[C@@H]1CCc2c(sc(N=Cc3ccc(OCC(=O)N4CCOCC4)cc3)c2C(=O)Nc2ccc(Cl)cc2)C1. The monoisotopic (exact) mass is 593 g/mol. The van der Waals surface area contributed by atoms with Crippen LogP contribution < -0.4 is 10.1 Å². The van der Waals surface area contributed by atoms with E-state index in [0.29, 0.717) is 59.2 Å². The van der Waals surface area contributed by atoms with Gasteiger partial charge in [0.2, 0.25) is 0 Å². The molecule has 0 unspecified atom stereocenters. The van der Waals surface area contributed by atoms with Gasteiger partial charge in [-0.25, -0.2) is 4.99 Å². The van der Waals surface area contributed by atoms with Crippen LogP contribution in [-0.4, -0.2) is 55.8 Å². The summed E-state index contributed by atoms with van der Waals surface area (Å²) in [7, 11) is 0. The summed E-state index contributed by atoms with van der Waals surface area (Å²) in [5.41, 5.74) is 3.54. The lowest BCUT2D eigenvalue weighted by molar-refractivity contribution is -0.137. The van der Waals surface area contributed by atoms with E-state index in [1.807, 2.05) is 24.3 Å². The Morgan fingerprint density at radius 3 is 2.51 bits per heavy atom. The predicted molar refractivity (Wildman–Crippen MR) is 165 cm³/mol. The number of benzene rings is 2. The summed E-state index contributed by atoms with van der Waals surface area (Å²) in [5, 5.41) is 4.37. The van der Waals surface area contributed by atoms with E-state index in [1.54, 1.807) is 46.7 Å². The van der Waals surface area contributed by atoms with Gasteiger partial charge in [-0.2, -0.15) is 0 Å². The van der Waals surface area contributed by atoms with Gasteiger partial charge in [-0.05, 0) is 90.3 Å². The van der Waals surface area contributed by atoms with Crippen molar-refractivity contribution in [2.24, 2.45) is 16.3 Å². The zero-order valence-electron chi connectivity index (χ0n) is 23.7. The summed E-state index contributed by atoms with van der Waals surface area (Å²) in [6.45, 7) is 9.18. The highest BCUT2D eigenvalue weighted by Gasteiger charge is 2.33. The minimum absolute atomic E-state index is 0.00413. The van der Waals surface area contributed by atoms with Gasteiger partial charge in [0.1, 0.15) is 10.8 Å². The van der Waals surface area contributed by atoms with E-state index in [2.05, 4.69) is 26.1 Å². The molecule has 9 heteroatoms. The molecule has 1 aromatic heterocycles. The molecule has 2 amide bonds. The number of fused-ring (bicyclic) bond motifs is 1. The lowest BCUT2D eigenvalue weighted by atomic mass is 9.72. The molecule has 5 rings (SSSR count). The molecular formula is C32H36ClN3O4S. The number of carbonyl (C=O) groups is 2. The van der Waals surface area contributed by atoms with Crippen molar-refractivity contribution < 1.29 is 19.1 Å². The van der Waals surface area contributed by atoms with Crippen molar-refractivity contribution in [3.05, 3.63) is 75.1 Å². The van der Waals surface area contributed by atoms with Gasteiger partial charge in [-0.15, -0.1) is 11.3 Å². The average Bonchev–Trinajstić information content (AvgIpc) is 3.34. The van der Waals surface area contributed by atoms with Crippen LogP contribution in [0.1, 0.15) is 53.6 Å². The summed E-state index contributed by atoms with van der Waals surface area (Å²) in [4.78, 5) is 33.7. The van der Waals surface area contributed by atoms with Crippen LogP contribution in [0.15, 0.2) is 53.5 Å². The van der Waals surface area contributed by atoms with E-state index >= 15 is 0 Å². The van der Waals surface area contributed by atoms with Gasteiger partial charge < -0.3 is 19.7 Å². The summed E-state index contributed by atoms with van der Waals surface area (Å²) >= 11 is 7.65. The maximum atomic E-state index is 13.6. The number of anilines is 1. The van der Waals surface area contributed by atoms with Crippen LogP contribution in [0.4, 0.5) is 10.7 Å². The number of amides is 2. The molecule has 1 aliphatic carbocycles. The number of hydrogen-bond acceptors (Lipinski definition) is 6. The summed E-state index contributed by atoms with van der Waals surface area (Å²) < 4.78 is 11.0. The van der Waals surface area contributed by atoms with Crippen molar-refractivity contribution in [1.29, 1.82) is 0 Å². The third kappa shape index (κ3) is 7.36. The van der Waals surface area contributed by atoms with Crippen LogP contribution in [0.3, 0.4) is 0 Å². The first kappa shape index (κ1) is 29.3. The van der Waals surface area contributed by atoms with Crippen molar-refractivity contribution in [2.75, 3.05) is 38.2 Å². The van der Waals surface area contributed by atoms with Gasteiger partial charge in [0, 0.05) is 34.9 Å². The number of rotatable bonds is 7. The Bertz CT molecular complexity index is 1400. The molecule has 0 bridgehead atoms. The molecular weight excluding hydrogens is 558 g/mol. The maximum Gasteiger partial charge on any atom is 0.260 e. The van der Waals surface area contributed by atoms with Crippen molar-refractivity contribution in [2.45, 2.75) is 40.0 Å². The number of carbonyl (C=O) groups excluding carboxylic acids is 2. The third-order valence-electron chi connectivity index (χ3n) is 7.74. The number of hydrogen-bond donors (Lipinski definition) is 1. The summed E-state index contributed by atoms with van der Waals surface area (Å²) in [6.07, 6.45) is 4.64. The second-order valence-electron chi connectivity index (χ2n) is 11.6. The molecule has 2 aliphatic rings. The van der Waals surface area contributed by atoms with E-state index in [4.69, 9.17) is 26.1 Å². The Kier molecular flexibility index (Phi) is 9.12. The van der Waals surface area contributed by atoms with Crippen molar-refractivity contribution in [3.8, 4) is 5.75 Å². The topological polar surface area (TPSA) is 80.2 Å². The normalized spacial score (nSPS) is 17.4. The van der Waals surface area contributed by atoms with Gasteiger partial charge >= 0.3 is 0 Å². The van der Waals surface area contributed by atoms with Gasteiger partial charge in [0.25, 0.3) is 11.8 Å². The Balaban J connectivity index is 1.32. The fraction of sp³-hybridized carbons (Fsp3) is 0.406. The van der Waals surface area contributed by atoms with Gasteiger partial charge in [-0.1, -0.05) is 32.4 Å². The molecule has 2 heterocycles. The van der Waals surface area contributed by atoms with E-state index in [1.165, 1.54) is 4.88 Å². The Hall–Kier alpha value is -3.20. The Morgan fingerprint density at radius 2 is 1.83 bits per heavy atom. The summed E-state index contributed by atoms with van der Waals surface area (Å²) in [5.74, 6) is 0.977. The molecule has 1 fully saturated rings. The third-order valence-corrected chi connectivity index (χ3v) is 9.15. The van der Waals surface area contributed by atoms with Crippen LogP contribution in [0, 0.1) is 11.3 Å². The fourth-order valence-corrected chi connectivity index (χ4v) is 6.59. The molecule has 2 aromatic carbocycles. The molecule has 0 spiro atoms. The molecule has 216 valence electrons. The highest BCUT2D eigenvalue weighted by molar-refractivity contribution is 7.16. The smallest absolute Gasteiger partial charge is 0.260 e. The number of morpholine rings is 1. The minimum atomic E-state index is -0.153. The molecule has 0 radical (unpaired) electrons. The molecule has 41 heavy (non-hydrogen) atoms. The second kappa shape index (κ2) is 12.8. The maximum absolute atomic E-state index is 13.6. The van der Waals surface area contributed by atoms with Crippen molar-refractivity contribution >= 4 is 51.7 Å².